The lowest BCUT2D eigenvalue weighted by Crippen LogP contribution is -1.97. The van der Waals surface area contributed by atoms with Crippen molar-refractivity contribution in [3.05, 3.63) is 58.6 Å². The first-order valence-electron chi connectivity index (χ1n) is 5.50. The molecule has 0 spiro atoms. The zero-order valence-electron chi connectivity index (χ0n) is 9.84. The quantitative estimate of drug-likeness (QED) is 0.836. The lowest BCUT2D eigenvalue weighted by Gasteiger charge is -2.05. The van der Waals surface area contributed by atoms with Crippen LogP contribution in [-0.2, 0) is 5.75 Å². The molecule has 0 aliphatic rings. The van der Waals surface area contributed by atoms with E-state index in [2.05, 4.69) is 0 Å². The van der Waals surface area contributed by atoms with E-state index >= 15 is 0 Å². The third kappa shape index (κ3) is 3.66. The number of rotatable bonds is 4. The molecule has 0 saturated carbocycles. The molecule has 0 fully saturated rings. The van der Waals surface area contributed by atoms with Crippen molar-refractivity contribution in [1.29, 1.82) is 0 Å². The van der Waals surface area contributed by atoms with Gasteiger partial charge in [-0.3, -0.25) is 0 Å². The number of phenols is 1. The van der Waals surface area contributed by atoms with Crippen molar-refractivity contribution in [3.63, 3.8) is 0 Å². The van der Waals surface area contributed by atoms with E-state index < -0.39 is 5.97 Å². The Morgan fingerprint density at radius 2 is 2.00 bits per heavy atom. The van der Waals surface area contributed by atoms with Gasteiger partial charge in [0.05, 0.1) is 10.6 Å². The topological polar surface area (TPSA) is 57.5 Å². The van der Waals surface area contributed by atoms with Gasteiger partial charge in [-0.25, -0.2) is 4.79 Å². The van der Waals surface area contributed by atoms with Crippen LogP contribution in [0, 0.1) is 0 Å². The normalized spacial score (nSPS) is 10.4. The van der Waals surface area contributed by atoms with E-state index in [4.69, 9.17) is 16.7 Å². The number of aromatic hydroxyl groups is 1. The molecule has 0 atom stereocenters. The van der Waals surface area contributed by atoms with Crippen LogP contribution in [0.4, 0.5) is 0 Å². The van der Waals surface area contributed by atoms with Gasteiger partial charge in [-0.05, 0) is 35.9 Å². The van der Waals surface area contributed by atoms with Crippen molar-refractivity contribution in [2.24, 2.45) is 0 Å². The number of benzene rings is 2. The smallest absolute Gasteiger partial charge is 0.337 e. The second-order valence-electron chi connectivity index (χ2n) is 3.91. The fourth-order valence-electron chi connectivity index (χ4n) is 1.57. The Morgan fingerprint density at radius 3 is 2.68 bits per heavy atom. The lowest BCUT2D eigenvalue weighted by atomic mass is 10.2. The number of halogens is 1. The van der Waals surface area contributed by atoms with Crippen LogP contribution in [0.25, 0.3) is 0 Å². The molecule has 2 aromatic carbocycles. The molecule has 0 amide bonds. The highest BCUT2D eigenvalue weighted by molar-refractivity contribution is 7.98. The zero-order valence-corrected chi connectivity index (χ0v) is 11.4. The Kier molecular flexibility index (Phi) is 4.35. The first-order chi connectivity index (χ1) is 9.06. The minimum absolute atomic E-state index is 0.0996. The van der Waals surface area contributed by atoms with Gasteiger partial charge in [0.1, 0.15) is 5.75 Å². The van der Waals surface area contributed by atoms with E-state index in [-0.39, 0.29) is 16.3 Å². The summed E-state index contributed by atoms with van der Waals surface area (Å²) in [6, 6.07) is 11.9. The fourth-order valence-corrected chi connectivity index (χ4v) is 2.65. The summed E-state index contributed by atoms with van der Waals surface area (Å²) in [6.07, 6.45) is 0. The van der Waals surface area contributed by atoms with Crippen molar-refractivity contribution < 1.29 is 15.0 Å². The molecule has 0 aliphatic heterocycles. The summed E-state index contributed by atoms with van der Waals surface area (Å²) >= 11 is 7.30. The van der Waals surface area contributed by atoms with Crippen LogP contribution in [0.1, 0.15) is 15.9 Å². The van der Waals surface area contributed by atoms with Gasteiger partial charge >= 0.3 is 5.97 Å². The van der Waals surface area contributed by atoms with Gasteiger partial charge in [-0.2, -0.15) is 0 Å². The van der Waals surface area contributed by atoms with Crippen LogP contribution in [0.2, 0.25) is 5.02 Å². The molecule has 0 saturated heterocycles. The molecule has 0 radical (unpaired) electrons. The van der Waals surface area contributed by atoms with Gasteiger partial charge in [0.2, 0.25) is 0 Å². The number of carboxylic acids is 1. The first kappa shape index (κ1) is 13.8. The van der Waals surface area contributed by atoms with Gasteiger partial charge in [-0.1, -0.05) is 23.7 Å². The van der Waals surface area contributed by atoms with Gasteiger partial charge < -0.3 is 10.2 Å². The highest BCUT2D eigenvalue weighted by Gasteiger charge is 2.09. The van der Waals surface area contributed by atoms with E-state index in [1.807, 2.05) is 6.07 Å². The molecule has 2 rings (SSSR count). The Hall–Kier alpha value is -1.65. The van der Waals surface area contributed by atoms with Crippen LogP contribution in [0.5, 0.6) is 5.75 Å². The number of hydrogen-bond donors (Lipinski definition) is 2. The Balaban J connectivity index is 2.12. The Morgan fingerprint density at radius 1 is 1.21 bits per heavy atom. The monoisotopic (exact) mass is 294 g/mol. The fraction of sp³-hybridized carbons (Fsp3) is 0.0714. The van der Waals surface area contributed by atoms with Crippen molar-refractivity contribution in [3.8, 4) is 5.75 Å². The average molecular weight is 295 g/mol. The minimum Gasteiger partial charge on any atom is -0.508 e. The van der Waals surface area contributed by atoms with Crippen molar-refractivity contribution >= 4 is 29.3 Å². The summed E-state index contributed by atoms with van der Waals surface area (Å²) in [6.45, 7) is 0. The van der Waals surface area contributed by atoms with Gasteiger partial charge in [0, 0.05) is 10.6 Å². The molecule has 2 N–H and O–H groups in total. The molecule has 0 heterocycles. The standard InChI is InChI=1S/C14H11ClO3S/c15-13-5-4-11(7-12(13)14(17)18)19-8-9-2-1-3-10(16)6-9/h1-7,16H,8H2,(H,17,18). The van der Waals surface area contributed by atoms with Crippen LogP contribution in [0.3, 0.4) is 0 Å². The third-order valence-corrected chi connectivity index (χ3v) is 3.88. The van der Waals surface area contributed by atoms with Crippen LogP contribution in [0.15, 0.2) is 47.4 Å². The van der Waals surface area contributed by atoms with E-state index in [1.54, 1.807) is 36.4 Å². The van der Waals surface area contributed by atoms with Gasteiger partial charge in [-0.15, -0.1) is 11.8 Å². The zero-order chi connectivity index (χ0) is 13.8. The molecule has 19 heavy (non-hydrogen) atoms. The molecule has 98 valence electrons. The van der Waals surface area contributed by atoms with Crippen LogP contribution >= 0.6 is 23.4 Å². The number of carboxylic acid groups (broad SMARTS) is 1. The largest absolute Gasteiger partial charge is 0.508 e. The Bertz CT molecular complexity index is 613. The molecular weight excluding hydrogens is 284 g/mol. The number of phenolic OH excluding ortho intramolecular Hbond substituents is 1. The molecule has 3 nitrogen and oxygen atoms in total. The molecule has 0 aliphatic carbocycles. The number of thioether (sulfide) groups is 1. The second kappa shape index (κ2) is 5.99. The maximum atomic E-state index is 11.0. The summed E-state index contributed by atoms with van der Waals surface area (Å²) < 4.78 is 0. The minimum atomic E-state index is -1.04. The summed E-state index contributed by atoms with van der Waals surface area (Å²) in [5, 5.41) is 18.6. The highest BCUT2D eigenvalue weighted by Crippen LogP contribution is 2.28. The lowest BCUT2D eigenvalue weighted by molar-refractivity contribution is 0.0697. The second-order valence-corrected chi connectivity index (χ2v) is 5.36. The van der Waals surface area contributed by atoms with Gasteiger partial charge in [0.25, 0.3) is 0 Å². The van der Waals surface area contributed by atoms with Crippen LogP contribution < -0.4 is 0 Å². The summed E-state index contributed by atoms with van der Waals surface area (Å²) in [7, 11) is 0. The highest BCUT2D eigenvalue weighted by atomic mass is 35.5. The summed E-state index contributed by atoms with van der Waals surface area (Å²) in [5.74, 6) is -0.167. The third-order valence-electron chi connectivity index (χ3n) is 2.48. The molecule has 0 bridgehead atoms. The predicted molar refractivity (Wildman–Crippen MR) is 76.1 cm³/mol. The SMILES string of the molecule is O=C(O)c1cc(SCc2cccc(O)c2)ccc1Cl. The maximum Gasteiger partial charge on any atom is 0.337 e. The van der Waals surface area contributed by atoms with E-state index in [9.17, 15) is 9.90 Å². The number of carbonyl (C=O) groups is 1. The Labute approximate surface area is 119 Å². The summed E-state index contributed by atoms with van der Waals surface area (Å²) in [5.41, 5.74) is 1.07. The van der Waals surface area contributed by atoms with E-state index in [0.717, 1.165) is 10.5 Å². The molecule has 0 aromatic heterocycles. The van der Waals surface area contributed by atoms with Crippen molar-refractivity contribution in [1.82, 2.24) is 0 Å². The molecular formula is C14H11ClO3S. The van der Waals surface area contributed by atoms with Crippen LogP contribution in [-0.4, -0.2) is 16.2 Å². The molecule has 0 unspecified atom stereocenters. The predicted octanol–water partition coefficient (Wildman–Crippen LogP) is 4.04. The van der Waals surface area contributed by atoms with Crippen molar-refractivity contribution in [2.75, 3.05) is 0 Å². The number of hydrogen-bond acceptors (Lipinski definition) is 3. The van der Waals surface area contributed by atoms with Gasteiger partial charge in [0.15, 0.2) is 0 Å². The average Bonchev–Trinajstić information content (AvgIpc) is 2.37. The summed E-state index contributed by atoms with van der Waals surface area (Å²) in [4.78, 5) is 11.8. The number of aromatic carboxylic acids is 1. The molecule has 5 heteroatoms. The van der Waals surface area contributed by atoms with E-state index in [1.165, 1.54) is 11.8 Å². The first-order valence-corrected chi connectivity index (χ1v) is 6.86. The van der Waals surface area contributed by atoms with E-state index in [0.29, 0.717) is 5.75 Å². The molecule has 2 aromatic rings. The maximum absolute atomic E-state index is 11.0. The van der Waals surface area contributed by atoms with Crippen molar-refractivity contribution in [2.45, 2.75) is 10.6 Å².